The van der Waals surface area contributed by atoms with Gasteiger partial charge in [-0.3, -0.25) is 9.78 Å². The van der Waals surface area contributed by atoms with Crippen LogP contribution in [0.1, 0.15) is 34.5 Å². The van der Waals surface area contributed by atoms with Crippen LogP contribution < -0.4 is 4.74 Å². The first-order valence-corrected chi connectivity index (χ1v) is 11.4. The molecular formula is C27H28N4O2. The van der Waals surface area contributed by atoms with E-state index < -0.39 is 0 Å². The highest BCUT2D eigenvalue weighted by atomic mass is 16.5. The molecule has 0 saturated heterocycles. The normalized spacial score (nSPS) is 13.3. The third-order valence-corrected chi connectivity index (χ3v) is 6.29. The van der Waals surface area contributed by atoms with Gasteiger partial charge in [0.1, 0.15) is 11.4 Å². The maximum atomic E-state index is 13.7. The van der Waals surface area contributed by atoms with E-state index in [1.807, 2.05) is 54.4 Å². The molecule has 6 heteroatoms. The van der Waals surface area contributed by atoms with Crippen LogP contribution in [0.3, 0.4) is 0 Å². The molecule has 2 heterocycles. The van der Waals surface area contributed by atoms with Crippen molar-refractivity contribution in [3.63, 3.8) is 0 Å². The van der Waals surface area contributed by atoms with Gasteiger partial charge in [-0.2, -0.15) is 0 Å². The quantitative estimate of drug-likeness (QED) is 0.417. The number of amides is 1. The average molecular weight is 441 g/mol. The molecule has 1 saturated carbocycles. The highest BCUT2D eigenvalue weighted by Crippen LogP contribution is 2.32. The first-order valence-electron chi connectivity index (χ1n) is 11.4. The zero-order valence-corrected chi connectivity index (χ0v) is 19.0. The summed E-state index contributed by atoms with van der Waals surface area (Å²) in [5, 5.41) is 1.13. The Bertz CT molecular complexity index is 1290. The number of H-pyrrole nitrogens is 1. The Morgan fingerprint density at radius 1 is 1.15 bits per heavy atom. The number of aromatic amines is 1. The highest BCUT2D eigenvalue weighted by molar-refractivity contribution is 5.98. The summed E-state index contributed by atoms with van der Waals surface area (Å²) in [5.41, 5.74) is 5.28. The van der Waals surface area contributed by atoms with Gasteiger partial charge in [0.2, 0.25) is 0 Å². The molecule has 1 aliphatic rings. The molecule has 168 valence electrons. The van der Waals surface area contributed by atoms with Crippen molar-refractivity contribution in [2.75, 3.05) is 20.2 Å². The molecule has 5 rings (SSSR count). The zero-order valence-electron chi connectivity index (χ0n) is 19.0. The molecule has 0 atom stereocenters. The molecule has 0 radical (unpaired) electrons. The molecule has 2 aromatic carbocycles. The summed E-state index contributed by atoms with van der Waals surface area (Å²) in [5.74, 6) is 1.35. The number of hydrogen-bond acceptors (Lipinski definition) is 4. The number of para-hydroxylation sites is 1. The van der Waals surface area contributed by atoms with Gasteiger partial charge in [0, 0.05) is 42.6 Å². The summed E-state index contributed by atoms with van der Waals surface area (Å²) in [4.78, 5) is 28.0. The maximum Gasteiger partial charge on any atom is 0.274 e. The predicted molar refractivity (Wildman–Crippen MR) is 129 cm³/mol. The number of carbonyl (C=O) groups is 1. The van der Waals surface area contributed by atoms with E-state index in [4.69, 9.17) is 4.74 Å². The first kappa shape index (κ1) is 21.2. The number of aryl methyl sites for hydroxylation is 1. The molecule has 1 N–H and O–H groups in total. The lowest BCUT2D eigenvalue weighted by molar-refractivity contribution is 0.0744. The number of methoxy groups -OCH3 is 1. The molecule has 0 spiro atoms. The van der Waals surface area contributed by atoms with Crippen LogP contribution in [0.4, 0.5) is 0 Å². The second-order valence-corrected chi connectivity index (χ2v) is 8.76. The monoisotopic (exact) mass is 440 g/mol. The van der Waals surface area contributed by atoms with Crippen LogP contribution in [-0.2, 0) is 6.42 Å². The second kappa shape index (κ2) is 9.06. The van der Waals surface area contributed by atoms with Gasteiger partial charge in [-0.25, -0.2) is 4.98 Å². The van der Waals surface area contributed by atoms with Crippen LogP contribution in [0.15, 0.2) is 61.1 Å². The minimum atomic E-state index is -0.0519. The lowest BCUT2D eigenvalue weighted by Crippen LogP contribution is -2.35. The first-order chi connectivity index (χ1) is 16.1. The van der Waals surface area contributed by atoms with E-state index in [1.54, 1.807) is 19.5 Å². The van der Waals surface area contributed by atoms with Crippen molar-refractivity contribution in [3.05, 3.63) is 77.9 Å². The fraction of sp³-hybridized carbons (Fsp3) is 0.296. The lowest BCUT2D eigenvalue weighted by atomic mass is 10.1. The smallest absolute Gasteiger partial charge is 0.274 e. The summed E-state index contributed by atoms with van der Waals surface area (Å²) in [7, 11) is 1.68. The standard InChI is InChI=1S/C27H28N4O2/c1-18-5-3-6-20(15-18)24-26(29-13-12-28-24)27(32)31(17-19-9-10-19)14-11-21-16-30-25-22(21)7-4-8-23(25)33-2/h3-8,12-13,15-16,19,30H,9-11,14,17H2,1-2H3. The van der Waals surface area contributed by atoms with E-state index >= 15 is 0 Å². The Kier molecular flexibility index (Phi) is 5.82. The van der Waals surface area contributed by atoms with E-state index in [0.29, 0.717) is 23.9 Å². The minimum Gasteiger partial charge on any atom is -0.495 e. The molecule has 2 aromatic heterocycles. The number of carbonyl (C=O) groups excluding carboxylic acids is 1. The Balaban J connectivity index is 1.42. The number of aromatic nitrogens is 3. The van der Waals surface area contributed by atoms with E-state index in [2.05, 4.69) is 21.0 Å². The van der Waals surface area contributed by atoms with Crippen LogP contribution >= 0.6 is 0 Å². The number of rotatable bonds is 8. The van der Waals surface area contributed by atoms with Crippen LogP contribution in [0.5, 0.6) is 5.75 Å². The van der Waals surface area contributed by atoms with Crippen molar-refractivity contribution in [1.29, 1.82) is 0 Å². The molecule has 1 amide bonds. The third-order valence-electron chi connectivity index (χ3n) is 6.29. The van der Waals surface area contributed by atoms with E-state index in [1.165, 1.54) is 18.4 Å². The molecule has 1 aliphatic carbocycles. The van der Waals surface area contributed by atoms with Gasteiger partial charge in [-0.15, -0.1) is 0 Å². The fourth-order valence-electron chi connectivity index (χ4n) is 4.35. The van der Waals surface area contributed by atoms with Gasteiger partial charge in [0.25, 0.3) is 5.91 Å². The summed E-state index contributed by atoms with van der Waals surface area (Å²) in [6, 6.07) is 14.1. The minimum absolute atomic E-state index is 0.0519. The molecule has 1 fully saturated rings. The highest BCUT2D eigenvalue weighted by Gasteiger charge is 2.29. The number of nitrogens with one attached hydrogen (secondary N) is 1. The molecule has 4 aromatic rings. The van der Waals surface area contributed by atoms with Crippen molar-refractivity contribution in [2.24, 2.45) is 5.92 Å². The number of hydrogen-bond donors (Lipinski definition) is 1. The van der Waals surface area contributed by atoms with Crippen molar-refractivity contribution in [1.82, 2.24) is 19.9 Å². The number of nitrogens with zero attached hydrogens (tertiary/aromatic N) is 3. The van der Waals surface area contributed by atoms with Gasteiger partial charge in [0.15, 0.2) is 5.69 Å². The molecule has 33 heavy (non-hydrogen) atoms. The maximum absolute atomic E-state index is 13.7. The van der Waals surface area contributed by atoms with Crippen molar-refractivity contribution in [2.45, 2.75) is 26.2 Å². The van der Waals surface area contributed by atoms with Crippen LogP contribution in [0.2, 0.25) is 0 Å². The fourth-order valence-corrected chi connectivity index (χ4v) is 4.35. The number of ether oxygens (including phenoxy) is 1. The predicted octanol–water partition coefficient (Wildman–Crippen LogP) is 5.04. The summed E-state index contributed by atoms with van der Waals surface area (Å²) >= 11 is 0. The molecule has 6 nitrogen and oxygen atoms in total. The van der Waals surface area contributed by atoms with Crippen molar-refractivity contribution in [3.8, 4) is 17.0 Å². The van der Waals surface area contributed by atoms with Gasteiger partial charge < -0.3 is 14.6 Å². The SMILES string of the molecule is COc1cccc2c(CCN(CC3CC3)C(=O)c3nccnc3-c3cccc(C)c3)c[nH]c12. The van der Waals surface area contributed by atoms with Crippen LogP contribution in [-0.4, -0.2) is 46.0 Å². The van der Waals surface area contributed by atoms with E-state index in [0.717, 1.165) is 40.7 Å². The van der Waals surface area contributed by atoms with E-state index in [-0.39, 0.29) is 5.91 Å². The Morgan fingerprint density at radius 3 is 2.76 bits per heavy atom. The van der Waals surface area contributed by atoms with Gasteiger partial charge in [-0.05, 0) is 49.8 Å². The second-order valence-electron chi connectivity index (χ2n) is 8.76. The van der Waals surface area contributed by atoms with Gasteiger partial charge in [0.05, 0.1) is 12.6 Å². The molecule has 0 unspecified atom stereocenters. The molecule has 0 aliphatic heterocycles. The van der Waals surface area contributed by atoms with Crippen molar-refractivity contribution < 1.29 is 9.53 Å². The molecular weight excluding hydrogens is 412 g/mol. The summed E-state index contributed by atoms with van der Waals surface area (Å²) in [6.07, 6.45) is 8.39. The van der Waals surface area contributed by atoms with Gasteiger partial charge >= 0.3 is 0 Å². The van der Waals surface area contributed by atoms with Crippen molar-refractivity contribution >= 4 is 16.8 Å². The summed E-state index contributed by atoms with van der Waals surface area (Å²) < 4.78 is 5.48. The Labute approximate surface area is 193 Å². The largest absolute Gasteiger partial charge is 0.495 e. The Morgan fingerprint density at radius 2 is 1.97 bits per heavy atom. The van der Waals surface area contributed by atoms with Crippen LogP contribution in [0.25, 0.3) is 22.2 Å². The number of benzene rings is 2. The average Bonchev–Trinajstić information content (AvgIpc) is 3.57. The van der Waals surface area contributed by atoms with E-state index in [9.17, 15) is 4.79 Å². The Hall–Kier alpha value is -3.67. The third kappa shape index (κ3) is 4.46. The number of fused-ring (bicyclic) bond motifs is 1. The lowest BCUT2D eigenvalue weighted by Gasteiger charge is -2.23. The summed E-state index contributed by atoms with van der Waals surface area (Å²) in [6.45, 7) is 3.43. The molecule has 0 bridgehead atoms. The van der Waals surface area contributed by atoms with Crippen LogP contribution in [0, 0.1) is 12.8 Å². The topological polar surface area (TPSA) is 71.1 Å². The van der Waals surface area contributed by atoms with Gasteiger partial charge in [-0.1, -0.05) is 35.9 Å². The zero-order chi connectivity index (χ0) is 22.8.